The maximum absolute atomic E-state index is 8.07. The Kier molecular flexibility index (Phi) is 8.00. The molecular weight excluding hydrogens is 272 g/mol. The Morgan fingerprint density at radius 3 is 2.36 bits per heavy atom. The summed E-state index contributed by atoms with van der Waals surface area (Å²) in [5, 5.41) is 11.3. The molecule has 0 heterocycles. The molecule has 2 N–H and O–H groups in total. The molecule has 0 saturated heterocycles. The molecular formula is C19H32N2O. The van der Waals surface area contributed by atoms with E-state index in [1.807, 2.05) is 24.3 Å². The molecule has 0 aromatic heterocycles. The van der Waals surface area contributed by atoms with Gasteiger partial charge < -0.3 is 10.1 Å². The van der Waals surface area contributed by atoms with Crippen LogP contribution in [0.25, 0.3) is 0 Å². The predicted octanol–water partition coefficient (Wildman–Crippen LogP) is 5.00. The minimum Gasteiger partial charge on any atom is -0.494 e. The highest BCUT2D eigenvalue weighted by Gasteiger charge is 2.10. The molecule has 1 rings (SSSR count). The molecule has 0 radical (unpaired) electrons. The lowest BCUT2D eigenvalue weighted by atomic mass is 9.92. The Morgan fingerprint density at radius 1 is 1.09 bits per heavy atom. The number of hydrogen-bond acceptors (Lipinski definition) is 2. The van der Waals surface area contributed by atoms with Crippen molar-refractivity contribution in [3.8, 4) is 5.75 Å². The number of unbranched alkanes of at least 4 members (excludes halogenated alkanes) is 3. The molecule has 3 heteroatoms. The first kappa shape index (κ1) is 18.5. The molecule has 124 valence electrons. The standard InChI is InChI=1S/C19H32N2O/c1-5-6-7-8-15-22-17-11-9-16(10-12-17)18(20)21-14-13-19(2,3)4/h9-12H,5-8,13-15H2,1-4H3,(H2,20,21). The first-order valence-electron chi connectivity index (χ1n) is 8.48. The van der Waals surface area contributed by atoms with E-state index in [1.165, 1.54) is 19.3 Å². The zero-order valence-corrected chi connectivity index (χ0v) is 14.7. The molecule has 0 aliphatic carbocycles. The molecule has 0 bridgehead atoms. The molecule has 0 aliphatic heterocycles. The average molecular weight is 304 g/mol. The van der Waals surface area contributed by atoms with E-state index in [9.17, 15) is 0 Å². The Balaban J connectivity index is 2.32. The van der Waals surface area contributed by atoms with Crippen molar-refractivity contribution >= 4 is 5.84 Å². The van der Waals surface area contributed by atoms with Crippen LogP contribution in [0, 0.1) is 10.8 Å². The Morgan fingerprint density at radius 2 is 1.77 bits per heavy atom. The quantitative estimate of drug-likeness (QED) is 0.383. The first-order valence-corrected chi connectivity index (χ1v) is 8.48. The monoisotopic (exact) mass is 304 g/mol. The summed E-state index contributed by atoms with van der Waals surface area (Å²) >= 11 is 0. The van der Waals surface area contributed by atoms with Gasteiger partial charge in [0.1, 0.15) is 11.6 Å². The summed E-state index contributed by atoms with van der Waals surface area (Å²) in [7, 11) is 0. The smallest absolute Gasteiger partial charge is 0.125 e. The maximum Gasteiger partial charge on any atom is 0.125 e. The fourth-order valence-electron chi connectivity index (χ4n) is 2.10. The second kappa shape index (κ2) is 9.50. The van der Waals surface area contributed by atoms with Crippen molar-refractivity contribution in [2.75, 3.05) is 13.2 Å². The lowest BCUT2D eigenvalue weighted by molar-refractivity contribution is 0.305. The summed E-state index contributed by atoms with van der Waals surface area (Å²) < 4.78 is 5.72. The summed E-state index contributed by atoms with van der Waals surface area (Å²) in [5.41, 5.74) is 1.20. The average Bonchev–Trinajstić information content (AvgIpc) is 2.46. The SMILES string of the molecule is CCCCCCOc1ccc(C(=N)NCCC(C)(C)C)cc1. The predicted molar refractivity (Wildman–Crippen MR) is 95.0 cm³/mol. The van der Waals surface area contributed by atoms with Gasteiger partial charge in [0.05, 0.1) is 6.61 Å². The summed E-state index contributed by atoms with van der Waals surface area (Å²) in [4.78, 5) is 0. The third kappa shape index (κ3) is 8.06. The molecule has 0 saturated carbocycles. The van der Waals surface area contributed by atoms with Crippen molar-refractivity contribution in [3.05, 3.63) is 29.8 Å². The van der Waals surface area contributed by atoms with E-state index in [0.29, 0.717) is 11.3 Å². The van der Waals surface area contributed by atoms with Gasteiger partial charge in [-0.15, -0.1) is 0 Å². The topological polar surface area (TPSA) is 45.1 Å². The van der Waals surface area contributed by atoms with Crippen LogP contribution in [0.15, 0.2) is 24.3 Å². The molecule has 0 unspecified atom stereocenters. The van der Waals surface area contributed by atoms with Gasteiger partial charge in [0.2, 0.25) is 0 Å². The molecule has 3 nitrogen and oxygen atoms in total. The Bertz CT molecular complexity index is 432. The second-order valence-corrected chi connectivity index (χ2v) is 7.05. The van der Waals surface area contributed by atoms with E-state index >= 15 is 0 Å². The van der Waals surface area contributed by atoms with Crippen LogP contribution in [0.3, 0.4) is 0 Å². The van der Waals surface area contributed by atoms with Crippen LogP contribution in [-0.2, 0) is 0 Å². The lowest BCUT2D eigenvalue weighted by Gasteiger charge is -2.18. The van der Waals surface area contributed by atoms with Crippen LogP contribution in [-0.4, -0.2) is 19.0 Å². The van der Waals surface area contributed by atoms with Crippen LogP contribution in [0.2, 0.25) is 0 Å². The summed E-state index contributed by atoms with van der Waals surface area (Å²) in [5.74, 6) is 1.38. The van der Waals surface area contributed by atoms with Gasteiger partial charge in [-0.25, -0.2) is 0 Å². The molecule has 1 aromatic carbocycles. The van der Waals surface area contributed by atoms with Crippen LogP contribution in [0.5, 0.6) is 5.75 Å². The summed E-state index contributed by atoms with van der Waals surface area (Å²) in [6, 6.07) is 7.81. The zero-order valence-electron chi connectivity index (χ0n) is 14.7. The highest BCUT2D eigenvalue weighted by Crippen LogP contribution is 2.17. The van der Waals surface area contributed by atoms with E-state index in [-0.39, 0.29) is 0 Å². The number of nitrogens with one attached hydrogen (secondary N) is 2. The van der Waals surface area contributed by atoms with Crippen LogP contribution >= 0.6 is 0 Å². The van der Waals surface area contributed by atoms with E-state index in [0.717, 1.165) is 37.3 Å². The van der Waals surface area contributed by atoms with Crippen LogP contribution < -0.4 is 10.1 Å². The second-order valence-electron chi connectivity index (χ2n) is 7.05. The van der Waals surface area contributed by atoms with Crippen molar-refractivity contribution in [3.63, 3.8) is 0 Å². The summed E-state index contributed by atoms with van der Waals surface area (Å²) in [6.45, 7) is 10.5. The maximum atomic E-state index is 8.07. The molecule has 0 atom stereocenters. The number of benzene rings is 1. The van der Waals surface area contributed by atoms with Crippen molar-refractivity contribution in [1.82, 2.24) is 5.32 Å². The number of hydrogen-bond donors (Lipinski definition) is 2. The summed E-state index contributed by atoms with van der Waals surface area (Å²) in [6.07, 6.45) is 5.92. The number of amidine groups is 1. The van der Waals surface area contributed by atoms with Gasteiger partial charge in [-0.05, 0) is 42.5 Å². The van der Waals surface area contributed by atoms with Crippen molar-refractivity contribution < 1.29 is 4.74 Å². The minimum atomic E-state index is 0.294. The molecule has 0 amide bonds. The normalized spacial score (nSPS) is 11.3. The van der Waals surface area contributed by atoms with Gasteiger partial charge in [0, 0.05) is 12.1 Å². The largest absolute Gasteiger partial charge is 0.494 e. The van der Waals surface area contributed by atoms with Crippen LogP contribution in [0.4, 0.5) is 0 Å². The van der Waals surface area contributed by atoms with E-state index in [2.05, 4.69) is 33.0 Å². The third-order valence-corrected chi connectivity index (χ3v) is 3.59. The van der Waals surface area contributed by atoms with Gasteiger partial charge in [0.25, 0.3) is 0 Å². The number of ether oxygens (including phenoxy) is 1. The molecule has 1 aromatic rings. The van der Waals surface area contributed by atoms with E-state index in [4.69, 9.17) is 10.1 Å². The van der Waals surface area contributed by atoms with E-state index < -0.39 is 0 Å². The van der Waals surface area contributed by atoms with Gasteiger partial charge in [-0.1, -0.05) is 47.0 Å². The number of rotatable bonds is 9. The fourth-order valence-corrected chi connectivity index (χ4v) is 2.10. The van der Waals surface area contributed by atoms with Crippen molar-refractivity contribution in [2.24, 2.45) is 5.41 Å². The highest BCUT2D eigenvalue weighted by molar-refractivity contribution is 5.96. The van der Waals surface area contributed by atoms with Gasteiger partial charge >= 0.3 is 0 Å². The van der Waals surface area contributed by atoms with Crippen molar-refractivity contribution in [2.45, 2.75) is 59.8 Å². The van der Waals surface area contributed by atoms with Crippen LogP contribution in [0.1, 0.15) is 65.4 Å². The Hall–Kier alpha value is -1.51. The fraction of sp³-hybridized carbons (Fsp3) is 0.632. The lowest BCUT2D eigenvalue weighted by Crippen LogP contribution is -2.27. The first-order chi connectivity index (χ1) is 10.4. The molecule has 0 aliphatic rings. The third-order valence-electron chi connectivity index (χ3n) is 3.59. The van der Waals surface area contributed by atoms with Gasteiger partial charge in [-0.3, -0.25) is 5.41 Å². The molecule has 0 spiro atoms. The highest BCUT2D eigenvalue weighted by atomic mass is 16.5. The minimum absolute atomic E-state index is 0.294. The van der Waals surface area contributed by atoms with Gasteiger partial charge in [-0.2, -0.15) is 0 Å². The van der Waals surface area contributed by atoms with E-state index in [1.54, 1.807) is 0 Å². The zero-order chi connectivity index (χ0) is 16.4. The Labute approximate surface area is 136 Å². The van der Waals surface area contributed by atoms with Crippen molar-refractivity contribution in [1.29, 1.82) is 5.41 Å². The van der Waals surface area contributed by atoms with Gasteiger partial charge in [0.15, 0.2) is 0 Å². The molecule has 22 heavy (non-hydrogen) atoms. The molecule has 0 fully saturated rings.